The fourth-order valence-electron chi connectivity index (χ4n) is 10.6. The SMILES string of the molecule is CC(=O)N[C@H](C(=O)N1C[C@H](O)C[C@H]1C(=O)NCc1ccc(-c2scnc2C)cc1OCCCCCCCCCCCC#Cc1cccc(-c2c(C)nn3c(N4CCN(CCO)CC4)cc(-c4ccccc4)nc23)c1)C(C)(C)C. The molecule has 0 radical (unpaired) electrons. The van der Waals surface area contributed by atoms with Crippen LogP contribution in [0.4, 0.5) is 5.82 Å². The molecule has 0 unspecified atom stereocenters. The summed E-state index contributed by atoms with van der Waals surface area (Å²) in [5, 5.41) is 31.0. The summed E-state index contributed by atoms with van der Waals surface area (Å²) in [6.45, 7) is 16.1. The molecule has 0 saturated carbocycles. The molecule has 3 amide bonds. The standard InChI is InChI=1S/C62H79N9O6S/c1-43-56(59-66-52(47-24-18-16-19-25-47)39-55(71(59)67-43)69-31-29-68(30-32-69)33-34-72)48-26-21-23-46(36-48)22-17-14-12-10-8-7-9-11-13-15-20-35-77-54-37-49(57-44(2)64-42-78-57)27-28-50(54)40-63-60(75)53-38-51(74)41-70(53)61(76)58(62(4,5)6)65-45(3)73/h16,18-19,21,23-28,36-37,39,42,51,53,58,72,74H,7-15,20,29-35,38,40-41H2,1-6H3,(H,63,75)(H,65,73)/t51-,53+,58-/m1/s1. The fourth-order valence-corrected chi connectivity index (χ4v) is 11.4. The summed E-state index contributed by atoms with van der Waals surface area (Å²) >= 11 is 1.57. The zero-order valence-electron chi connectivity index (χ0n) is 46.5. The molecule has 414 valence electrons. The number of hydrogen-bond donors (Lipinski definition) is 4. The Morgan fingerprint density at radius 1 is 0.846 bits per heavy atom. The molecule has 15 nitrogen and oxygen atoms in total. The number of aryl methyl sites for hydroxylation is 2. The van der Waals surface area contributed by atoms with Crippen LogP contribution in [0.15, 0.2) is 84.4 Å². The van der Waals surface area contributed by atoms with Gasteiger partial charge in [0.15, 0.2) is 5.65 Å². The van der Waals surface area contributed by atoms with E-state index in [-0.39, 0.29) is 43.8 Å². The predicted octanol–water partition coefficient (Wildman–Crippen LogP) is 9.38. The van der Waals surface area contributed by atoms with Crippen LogP contribution in [0.5, 0.6) is 5.75 Å². The van der Waals surface area contributed by atoms with Crippen LogP contribution < -0.4 is 20.3 Å². The van der Waals surface area contributed by atoms with Crippen molar-refractivity contribution in [1.29, 1.82) is 0 Å². The molecule has 0 aliphatic carbocycles. The fraction of sp³-hybridized carbons (Fsp3) is 0.484. The second kappa shape index (κ2) is 27.3. The van der Waals surface area contributed by atoms with E-state index in [1.807, 2.05) is 74.1 Å². The summed E-state index contributed by atoms with van der Waals surface area (Å²) in [5.41, 5.74) is 10.8. The number of benzene rings is 3. The number of aromatic nitrogens is 4. The van der Waals surface area contributed by atoms with E-state index in [9.17, 15) is 24.6 Å². The van der Waals surface area contributed by atoms with E-state index in [0.29, 0.717) is 18.9 Å². The van der Waals surface area contributed by atoms with Crippen LogP contribution in [-0.4, -0.2) is 128 Å². The molecule has 0 bridgehead atoms. The first-order chi connectivity index (χ1) is 37.7. The van der Waals surface area contributed by atoms with Gasteiger partial charge < -0.3 is 35.4 Å². The van der Waals surface area contributed by atoms with Gasteiger partial charge in [0.2, 0.25) is 17.7 Å². The van der Waals surface area contributed by atoms with Crippen molar-refractivity contribution in [3.8, 4) is 50.4 Å². The number of hydrogen-bond acceptors (Lipinski definition) is 12. The maximum Gasteiger partial charge on any atom is 0.246 e. The van der Waals surface area contributed by atoms with Crippen LogP contribution in [0.2, 0.25) is 0 Å². The highest BCUT2D eigenvalue weighted by Gasteiger charge is 2.44. The van der Waals surface area contributed by atoms with E-state index in [0.717, 1.165) is 132 Å². The highest BCUT2D eigenvalue weighted by atomic mass is 32.1. The lowest BCUT2D eigenvalue weighted by Crippen LogP contribution is -2.57. The highest BCUT2D eigenvalue weighted by molar-refractivity contribution is 7.13. The normalized spacial score (nSPS) is 16.3. The Morgan fingerprint density at radius 2 is 1.56 bits per heavy atom. The van der Waals surface area contributed by atoms with Gasteiger partial charge in [0.25, 0.3) is 0 Å². The van der Waals surface area contributed by atoms with Crippen LogP contribution in [0, 0.1) is 31.1 Å². The zero-order chi connectivity index (χ0) is 55.2. The molecule has 6 aromatic rings. The van der Waals surface area contributed by atoms with Crippen molar-refractivity contribution in [2.45, 2.75) is 137 Å². The molecule has 2 aliphatic heterocycles. The lowest BCUT2D eigenvalue weighted by molar-refractivity contribution is -0.143. The van der Waals surface area contributed by atoms with Gasteiger partial charge in [0.1, 0.15) is 23.7 Å². The zero-order valence-corrected chi connectivity index (χ0v) is 47.3. The number of unbranched alkanes of at least 4 members (excludes halogenated alkanes) is 9. The quantitative estimate of drug-likeness (QED) is 0.0355. The number of thiazole rings is 1. The number of amides is 3. The third kappa shape index (κ3) is 14.9. The third-order valence-electron chi connectivity index (χ3n) is 14.9. The number of carbonyl (C=O) groups excluding carboxylic acids is 3. The highest BCUT2D eigenvalue weighted by Crippen LogP contribution is 2.35. The molecule has 3 aromatic heterocycles. The summed E-state index contributed by atoms with van der Waals surface area (Å²) < 4.78 is 8.44. The lowest BCUT2D eigenvalue weighted by Gasteiger charge is -2.35. The number of aliphatic hydroxyl groups excluding tert-OH is 2. The van der Waals surface area contributed by atoms with Crippen molar-refractivity contribution >= 4 is 40.5 Å². The Labute approximate surface area is 464 Å². The van der Waals surface area contributed by atoms with Crippen LogP contribution >= 0.6 is 11.3 Å². The molecule has 5 heterocycles. The predicted molar refractivity (Wildman–Crippen MR) is 310 cm³/mol. The second-order valence-corrected chi connectivity index (χ2v) is 22.8. The van der Waals surface area contributed by atoms with Crippen LogP contribution in [0.25, 0.3) is 38.5 Å². The van der Waals surface area contributed by atoms with Crippen molar-refractivity contribution in [2.24, 2.45) is 5.41 Å². The Bertz CT molecular complexity index is 3040. The number of rotatable bonds is 23. The molecule has 78 heavy (non-hydrogen) atoms. The average molecular weight is 1080 g/mol. The molecule has 8 rings (SSSR count). The Kier molecular flexibility index (Phi) is 20.1. The van der Waals surface area contributed by atoms with Crippen LogP contribution in [0.3, 0.4) is 0 Å². The van der Waals surface area contributed by atoms with Crippen molar-refractivity contribution in [3.63, 3.8) is 0 Å². The number of carbonyl (C=O) groups is 3. The monoisotopic (exact) mass is 1080 g/mol. The number of piperazine rings is 1. The van der Waals surface area contributed by atoms with E-state index in [1.165, 1.54) is 37.5 Å². The number of likely N-dealkylation sites (tertiary alicyclic amines) is 1. The van der Waals surface area contributed by atoms with Crippen molar-refractivity contribution in [2.75, 3.05) is 57.4 Å². The van der Waals surface area contributed by atoms with Gasteiger partial charge in [-0.05, 0) is 61.4 Å². The van der Waals surface area contributed by atoms with Gasteiger partial charge in [-0.15, -0.1) is 11.3 Å². The molecule has 3 atom stereocenters. The maximum absolute atomic E-state index is 13.8. The van der Waals surface area contributed by atoms with Gasteiger partial charge in [-0.2, -0.15) is 9.61 Å². The van der Waals surface area contributed by atoms with E-state index >= 15 is 0 Å². The topological polar surface area (TPSA) is 178 Å². The number of ether oxygens (including phenoxy) is 1. The minimum atomic E-state index is -0.869. The maximum atomic E-state index is 13.8. The number of aliphatic hydroxyl groups is 2. The number of anilines is 1. The molecule has 2 aliphatic rings. The number of β-amino-alcohol motifs (C(OH)–C–C–N with tert-alkyl or cyclic N) is 2. The molecule has 4 N–H and O–H groups in total. The Balaban J connectivity index is 0.776. The number of nitrogens with zero attached hydrogens (tertiary/aromatic N) is 7. The van der Waals surface area contributed by atoms with Crippen LogP contribution in [-0.2, 0) is 20.9 Å². The first-order valence-electron chi connectivity index (χ1n) is 28.0. The summed E-state index contributed by atoms with van der Waals surface area (Å²) in [7, 11) is 0. The summed E-state index contributed by atoms with van der Waals surface area (Å²) in [6.07, 6.45) is 10.3. The minimum absolute atomic E-state index is 0.0199. The van der Waals surface area contributed by atoms with Gasteiger partial charge in [0.05, 0.1) is 46.8 Å². The van der Waals surface area contributed by atoms with Crippen molar-refractivity contribution in [3.05, 3.63) is 107 Å². The molecule has 3 aromatic carbocycles. The Morgan fingerprint density at radius 3 is 2.26 bits per heavy atom. The van der Waals surface area contributed by atoms with Gasteiger partial charge in [-0.1, -0.05) is 132 Å². The Hall–Kier alpha value is -6.64. The summed E-state index contributed by atoms with van der Waals surface area (Å²) in [6, 6.07) is 25.3. The molecule has 2 saturated heterocycles. The van der Waals surface area contributed by atoms with E-state index in [2.05, 4.69) is 86.6 Å². The smallest absolute Gasteiger partial charge is 0.246 e. The third-order valence-corrected chi connectivity index (χ3v) is 15.8. The first-order valence-corrected chi connectivity index (χ1v) is 28.9. The average Bonchev–Trinajstić information content (AvgIpc) is 4.26. The van der Waals surface area contributed by atoms with Crippen molar-refractivity contribution < 1.29 is 29.3 Å². The molecule has 16 heteroatoms. The van der Waals surface area contributed by atoms with Gasteiger partial charge in [-0.3, -0.25) is 19.3 Å². The summed E-state index contributed by atoms with van der Waals surface area (Å²) in [4.78, 5) is 56.3. The molecular weight excluding hydrogens is 999 g/mol. The second-order valence-electron chi connectivity index (χ2n) is 22.0. The van der Waals surface area contributed by atoms with Gasteiger partial charge in [0, 0.05) is 93.9 Å². The van der Waals surface area contributed by atoms with Gasteiger partial charge >= 0.3 is 0 Å². The van der Waals surface area contributed by atoms with Crippen LogP contribution in [0.1, 0.15) is 121 Å². The molecular formula is C62H79N9O6S. The molecule has 2 fully saturated rings. The van der Waals surface area contributed by atoms with E-state index in [4.69, 9.17) is 14.8 Å². The van der Waals surface area contributed by atoms with E-state index < -0.39 is 23.6 Å². The number of fused-ring (bicyclic) bond motifs is 1. The molecule has 0 spiro atoms. The lowest BCUT2D eigenvalue weighted by atomic mass is 9.85. The van der Waals surface area contributed by atoms with Gasteiger partial charge in [-0.25, -0.2) is 9.97 Å². The first kappa shape index (κ1) is 57.5. The van der Waals surface area contributed by atoms with E-state index in [1.54, 1.807) is 11.3 Å². The summed E-state index contributed by atoms with van der Waals surface area (Å²) in [5.74, 6) is 7.53. The number of nitrogens with one attached hydrogen (secondary N) is 2. The van der Waals surface area contributed by atoms with Crippen molar-refractivity contribution in [1.82, 2.24) is 40.0 Å². The minimum Gasteiger partial charge on any atom is -0.493 e. The largest absolute Gasteiger partial charge is 0.493 e.